The molecule has 2 rings (SSSR count). The third kappa shape index (κ3) is 1.13. The Morgan fingerprint density at radius 2 is 2.15 bits per heavy atom. The van der Waals surface area contributed by atoms with Crippen LogP contribution in [0.1, 0.15) is 25.0 Å². The largest absolute Gasteiger partial charge is 0.260 e. The number of benzene rings is 1. The van der Waals surface area contributed by atoms with E-state index in [0.29, 0.717) is 5.56 Å². The Bertz CT molecular complexity index is 422. The lowest BCUT2D eigenvalue weighted by Gasteiger charge is -2.14. The number of hydrogen-bond acceptors (Lipinski definition) is 2. The van der Waals surface area contributed by atoms with Gasteiger partial charge in [0.25, 0.3) is 0 Å². The van der Waals surface area contributed by atoms with Crippen molar-refractivity contribution in [3.63, 3.8) is 0 Å². The van der Waals surface area contributed by atoms with Gasteiger partial charge in [-0.1, -0.05) is 19.9 Å². The summed E-state index contributed by atoms with van der Waals surface area (Å²) in [6.07, 6.45) is 1.93. The predicted octanol–water partition coefficient (Wildman–Crippen LogP) is 2.55. The molecular formula is C11H10N2. The van der Waals surface area contributed by atoms with Crippen LogP contribution in [0.3, 0.4) is 0 Å². The van der Waals surface area contributed by atoms with Crippen LogP contribution in [0, 0.1) is 11.3 Å². The summed E-state index contributed by atoms with van der Waals surface area (Å²) in [6.45, 7) is 4.24. The monoisotopic (exact) mass is 170 g/mol. The summed E-state index contributed by atoms with van der Waals surface area (Å²) in [5, 5.41) is 8.70. The van der Waals surface area contributed by atoms with Gasteiger partial charge in [0.2, 0.25) is 0 Å². The van der Waals surface area contributed by atoms with E-state index in [-0.39, 0.29) is 5.41 Å². The zero-order valence-corrected chi connectivity index (χ0v) is 7.70. The second kappa shape index (κ2) is 2.43. The molecule has 1 heterocycles. The lowest BCUT2D eigenvalue weighted by atomic mass is 9.87. The Morgan fingerprint density at radius 3 is 2.85 bits per heavy atom. The van der Waals surface area contributed by atoms with Gasteiger partial charge in [0.05, 0.1) is 17.3 Å². The van der Waals surface area contributed by atoms with Gasteiger partial charge in [-0.05, 0) is 17.7 Å². The van der Waals surface area contributed by atoms with Crippen molar-refractivity contribution in [1.29, 1.82) is 5.26 Å². The van der Waals surface area contributed by atoms with Crippen molar-refractivity contribution in [3.05, 3.63) is 29.3 Å². The van der Waals surface area contributed by atoms with Crippen LogP contribution in [0.5, 0.6) is 0 Å². The third-order valence-corrected chi connectivity index (χ3v) is 2.35. The Morgan fingerprint density at radius 1 is 1.38 bits per heavy atom. The van der Waals surface area contributed by atoms with Gasteiger partial charge >= 0.3 is 0 Å². The molecule has 1 aromatic carbocycles. The first-order valence-electron chi connectivity index (χ1n) is 4.23. The quantitative estimate of drug-likeness (QED) is 0.589. The molecule has 0 amide bonds. The molecule has 2 nitrogen and oxygen atoms in total. The minimum absolute atomic E-state index is 0.0172. The highest BCUT2D eigenvalue weighted by atomic mass is 14.8. The molecule has 1 aliphatic heterocycles. The predicted molar refractivity (Wildman–Crippen MR) is 52.3 cm³/mol. The smallest absolute Gasteiger partial charge is 0.0992 e. The van der Waals surface area contributed by atoms with Gasteiger partial charge in [-0.3, -0.25) is 4.99 Å². The van der Waals surface area contributed by atoms with Crippen molar-refractivity contribution in [3.8, 4) is 6.07 Å². The van der Waals surface area contributed by atoms with Crippen molar-refractivity contribution in [2.24, 2.45) is 4.99 Å². The molecule has 1 aliphatic rings. The van der Waals surface area contributed by atoms with Gasteiger partial charge in [0, 0.05) is 11.6 Å². The molecule has 0 bridgehead atoms. The molecule has 0 spiro atoms. The molecule has 64 valence electrons. The number of fused-ring (bicyclic) bond motifs is 1. The van der Waals surface area contributed by atoms with Gasteiger partial charge in [0.15, 0.2) is 0 Å². The van der Waals surface area contributed by atoms with Crippen LogP contribution in [0.2, 0.25) is 0 Å². The van der Waals surface area contributed by atoms with E-state index in [2.05, 4.69) is 24.9 Å². The molecule has 0 saturated heterocycles. The molecule has 0 N–H and O–H groups in total. The van der Waals surface area contributed by atoms with Crippen molar-refractivity contribution < 1.29 is 0 Å². The summed E-state index contributed by atoms with van der Waals surface area (Å²) in [5.74, 6) is 0. The summed E-state index contributed by atoms with van der Waals surface area (Å²) in [7, 11) is 0. The third-order valence-electron chi connectivity index (χ3n) is 2.35. The summed E-state index contributed by atoms with van der Waals surface area (Å²) in [4.78, 5) is 4.28. The van der Waals surface area contributed by atoms with Crippen molar-refractivity contribution in [2.45, 2.75) is 19.3 Å². The fourth-order valence-corrected chi connectivity index (χ4v) is 1.55. The number of nitriles is 1. The fourth-order valence-electron chi connectivity index (χ4n) is 1.55. The van der Waals surface area contributed by atoms with E-state index in [0.717, 1.165) is 5.69 Å². The Balaban J connectivity index is 2.60. The highest BCUT2D eigenvalue weighted by Crippen LogP contribution is 2.36. The fraction of sp³-hybridized carbons (Fsp3) is 0.273. The van der Waals surface area contributed by atoms with Crippen LogP contribution in [0.4, 0.5) is 5.69 Å². The van der Waals surface area contributed by atoms with Crippen LogP contribution in [-0.4, -0.2) is 6.21 Å². The van der Waals surface area contributed by atoms with Crippen LogP contribution in [0.15, 0.2) is 23.2 Å². The normalized spacial score (nSPS) is 16.7. The molecule has 0 unspecified atom stereocenters. The van der Waals surface area contributed by atoms with E-state index >= 15 is 0 Å². The molecule has 0 atom stereocenters. The molecular weight excluding hydrogens is 160 g/mol. The molecule has 13 heavy (non-hydrogen) atoms. The first-order valence-corrected chi connectivity index (χ1v) is 4.23. The van der Waals surface area contributed by atoms with E-state index < -0.39 is 0 Å². The second-order valence-corrected chi connectivity index (χ2v) is 3.82. The molecule has 0 aromatic heterocycles. The molecule has 0 fully saturated rings. The van der Waals surface area contributed by atoms with E-state index in [1.165, 1.54) is 5.56 Å². The summed E-state index contributed by atoms with van der Waals surface area (Å²) >= 11 is 0. The molecule has 1 aromatic rings. The van der Waals surface area contributed by atoms with E-state index in [1.807, 2.05) is 24.4 Å². The first kappa shape index (κ1) is 8.00. The topological polar surface area (TPSA) is 36.1 Å². The summed E-state index contributed by atoms with van der Waals surface area (Å²) < 4.78 is 0. The van der Waals surface area contributed by atoms with Crippen LogP contribution >= 0.6 is 0 Å². The number of rotatable bonds is 0. The zero-order valence-electron chi connectivity index (χ0n) is 7.70. The number of hydrogen-bond donors (Lipinski definition) is 0. The summed E-state index contributed by atoms with van der Waals surface area (Å²) in [6, 6.07) is 7.77. The first-order chi connectivity index (χ1) is 6.13. The highest BCUT2D eigenvalue weighted by Gasteiger charge is 2.26. The number of aliphatic imine (C=N–C) groups is 1. The van der Waals surface area contributed by atoms with Crippen molar-refractivity contribution >= 4 is 11.9 Å². The van der Waals surface area contributed by atoms with Gasteiger partial charge < -0.3 is 0 Å². The SMILES string of the molecule is CC1(C)C=Nc2cc(C#N)ccc21. The molecule has 0 aliphatic carbocycles. The van der Waals surface area contributed by atoms with Gasteiger partial charge in [0.1, 0.15) is 0 Å². The Kier molecular flexibility index (Phi) is 1.50. The summed E-state index contributed by atoms with van der Waals surface area (Å²) in [5.41, 5.74) is 2.83. The van der Waals surface area contributed by atoms with Gasteiger partial charge in [-0.15, -0.1) is 0 Å². The minimum Gasteiger partial charge on any atom is -0.260 e. The van der Waals surface area contributed by atoms with E-state index in [9.17, 15) is 0 Å². The van der Waals surface area contributed by atoms with Crippen LogP contribution in [-0.2, 0) is 5.41 Å². The Labute approximate surface area is 77.5 Å². The lowest BCUT2D eigenvalue weighted by Crippen LogP contribution is -2.14. The van der Waals surface area contributed by atoms with Crippen molar-refractivity contribution in [2.75, 3.05) is 0 Å². The lowest BCUT2D eigenvalue weighted by molar-refractivity contribution is 0.753. The number of nitrogens with zero attached hydrogens (tertiary/aromatic N) is 2. The average Bonchev–Trinajstić information content (AvgIpc) is 2.42. The average molecular weight is 170 g/mol. The Hall–Kier alpha value is -1.62. The standard InChI is InChI=1S/C11H10N2/c1-11(2)7-13-10-5-8(6-12)3-4-9(10)11/h3-5,7H,1-2H3. The highest BCUT2D eigenvalue weighted by molar-refractivity contribution is 5.84. The van der Waals surface area contributed by atoms with Crippen LogP contribution in [0.25, 0.3) is 0 Å². The van der Waals surface area contributed by atoms with E-state index in [1.54, 1.807) is 0 Å². The van der Waals surface area contributed by atoms with Crippen molar-refractivity contribution in [1.82, 2.24) is 0 Å². The maximum atomic E-state index is 8.70. The molecule has 2 heteroatoms. The molecule has 0 saturated carbocycles. The van der Waals surface area contributed by atoms with Gasteiger partial charge in [-0.2, -0.15) is 5.26 Å². The molecule has 0 radical (unpaired) electrons. The van der Waals surface area contributed by atoms with Gasteiger partial charge in [-0.25, -0.2) is 0 Å². The minimum atomic E-state index is 0.0172. The second-order valence-electron chi connectivity index (χ2n) is 3.82. The maximum absolute atomic E-state index is 8.70. The van der Waals surface area contributed by atoms with Crippen LogP contribution < -0.4 is 0 Å². The van der Waals surface area contributed by atoms with E-state index in [4.69, 9.17) is 5.26 Å². The zero-order chi connectivity index (χ0) is 9.47. The maximum Gasteiger partial charge on any atom is 0.0992 e.